The highest BCUT2D eigenvalue weighted by atomic mass is 32.1. The number of carbonyl (C=O) groups excluding carboxylic acids is 2. The summed E-state index contributed by atoms with van der Waals surface area (Å²) in [7, 11) is 1.15. The Morgan fingerprint density at radius 1 is 1.23 bits per heavy atom. The lowest BCUT2D eigenvalue weighted by atomic mass is 9.93. The van der Waals surface area contributed by atoms with Gasteiger partial charge in [-0.2, -0.15) is 18.4 Å². The molecule has 1 amide bonds. The maximum Gasteiger partial charge on any atom is 0.417 e. The molecule has 12 heteroatoms. The number of nitrogens with zero attached hydrogens (tertiary/aromatic N) is 2. The quantitative estimate of drug-likeness (QED) is 0.314. The van der Waals surface area contributed by atoms with E-state index in [1.807, 2.05) is 0 Å². The molecule has 0 spiro atoms. The van der Waals surface area contributed by atoms with E-state index in [-0.39, 0.29) is 22.9 Å². The summed E-state index contributed by atoms with van der Waals surface area (Å²) < 4.78 is 59.8. The zero-order valence-electron chi connectivity index (χ0n) is 19.0. The van der Waals surface area contributed by atoms with Crippen LogP contribution in [0.1, 0.15) is 48.2 Å². The molecule has 186 valence electrons. The fraction of sp³-hybridized carbons (Fsp3) is 0.304. The molecule has 0 radical (unpaired) electrons. The van der Waals surface area contributed by atoms with Crippen molar-refractivity contribution in [3.63, 3.8) is 0 Å². The number of primary amides is 1. The number of halogens is 4. The molecule has 1 unspecified atom stereocenters. The van der Waals surface area contributed by atoms with Crippen molar-refractivity contribution in [1.29, 1.82) is 5.26 Å². The number of thiocarbonyl (C=S) groups is 1. The van der Waals surface area contributed by atoms with Crippen molar-refractivity contribution < 1.29 is 31.9 Å². The maximum absolute atomic E-state index is 14.6. The van der Waals surface area contributed by atoms with E-state index in [2.05, 4.69) is 5.32 Å². The molecule has 2 rings (SSSR count). The van der Waals surface area contributed by atoms with Crippen molar-refractivity contribution in [2.24, 2.45) is 5.73 Å². The highest BCUT2D eigenvalue weighted by molar-refractivity contribution is 7.80. The van der Waals surface area contributed by atoms with Gasteiger partial charge in [0.25, 0.3) is 5.91 Å². The standard InChI is InChI=1S/C23H22F4N4O3S/c1-4-9-22(2,20(33)34-3)31(15-7-8-16(19(29)32)18(24)11-15)21(35)30-14-6-5-13(12-28)17(10-14)23(25,26)27/h5-8,10-11H,4,9H2,1-3H3,(H2,29,32)(H,30,35). The number of ether oxygens (including phenoxy) is 1. The van der Waals surface area contributed by atoms with E-state index in [4.69, 9.17) is 28.0 Å². The summed E-state index contributed by atoms with van der Waals surface area (Å²) in [6, 6.07) is 7.72. The van der Waals surface area contributed by atoms with E-state index in [0.717, 1.165) is 25.3 Å². The molecule has 0 aliphatic heterocycles. The van der Waals surface area contributed by atoms with Gasteiger partial charge in [-0.25, -0.2) is 9.18 Å². The van der Waals surface area contributed by atoms with Crippen molar-refractivity contribution >= 4 is 40.6 Å². The number of hydrogen-bond donors (Lipinski definition) is 2. The molecule has 0 aliphatic carbocycles. The van der Waals surface area contributed by atoms with Gasteiger partial charge >= 0.3 is 12.1 Å². The van der Waals surface area contributed by atoms with Gasteiger partial charge in [0.1, 0.15) is 11.4 Å². The number of esters is 1. The highest BCUT2D eigenvalue weighted by Crippen LogP contribution is 2.35. The summed E-state index contributed by atoms with van der Waals surface area (Å²) >= 11 is 5.44. The van der Waals surface area contributed by atoms with Crippen LogP contribution in [-0.2, 0) is 15.7 Å². The fourth-order valence-electron chi connectivity index (χ4n) is 3.61. The number of amides is 1. The molecule has 0 bridgehead atoms. The van der Waals surface area contributed by atoms with Crippen LogP contribution >= 0.6 is 12.2 Å². The summed E-state index contributed by atoms with van der Waals surface area (Å²) in [6.07, 6.45) is -4.18. The number of hydrogen-bond acceptors (Lipinski definition) is 5. The van der Waals surface area contributed by atoms with Crippen molar-refractivity contribution in [3.05, 3.63) is 58.9 Å². The second kappa shape index (κ2) is 10.7. The minimum atomic E-state index is -4.81. The van der Waals surface area contributed by atoms with Gasteiger partial charge in [-0.3, -0.25) is 4.79 Å². The fourth-order valence-corrected chi connectivity index (χ4v) is 4.04. The second-order valence-corrected chi connectivity index (χ2v) is 8.07. The zero-order chi connectivity index (χ0) is 26.6. The third-order valence-electron chi connectivity index (χ3n) is 5.23. The number of nitriles is 1. The third-order valence-corrected chi connectivity index (χ3v) is 5.52. The van der Waals surface area contributed by atoms with Gasteiger partial charge < -0.3 is 20.7 Å². The van der Waals surface area contributed by atoms with Crippen LogP contribution in [0.5, 0.6) is 0 Å². The van der Waals surface area contributed by atoms with Crippen molar-refractivity contribution in [1.82, 2.24) is 0 Å². The molecule has 0 saturated carbocycles. The van der Waals surface area contributed by atoms with Crippen LogP contribution < -0.4 is 16.0 Å². The lowest BCUT2D eigenvalue weighted by molar-refractivity contribution is -0.146. The predicted octanol–water partition coefficient (Wildman–Crippen LogP) is 4.75. The van der Waals surface area contributed by atoms with Crippen LogP contribution in [-0.4, -0.2) is 29.6 Å². The Morgan fingerprint density at radius 3 is 2.37 bits per heavy atom. The Hall–Kier alpha value is -3.72. The van der Waals surface area contributed by atoms with E-state index >= 15 is 0 Å². The molecule has 2 aromatic rings. The number of benzene rings is 2. The average molecular weight is 511 g/mol. The van der Waals surface area contributed by atoms with E-state index < -0.39 is 46.1 Å². The minimum Gasteiger partial charge on any atom is -0.467 e. The number of alkyl halides is 3. The number of nitrogens with one attached hydrogen (secondary N) is 1. The van der Waals surface area contributed by atoms with Crippen LogP contribution in [0.25, 0.3) is 0 Å². The molecule has 0 saturated heterocycles. The highest BCUT2D eigenvalue weighted by Gasteiger charge is 2.43. The summed E-state index contributed by atoms with van der Waals surface area (Å²) in [4.78, 5) is 25.5. The van der Waals surface area contributed by atoms with Crippen LogP contribution in [0.15, 0.2) is 36.4 Å². The number of methoxy groups -OCH3 is 1. The first kappa shape index (κ1) is 27.5. The zero-order valence-corrected chi connectivity index (χ0v) is 19.8. The number of rotatable bonds is 7. The number of anilines is 2. The Bertz CT molecular complexity index is 1200. The van der Waals surface area contributed by atoms with E-state index in [1.165, 1.54) is 30.0 Å². The second-order valence-electron chi connectivity index (χ2n) is 7.68. The van der Waals surface area contributed by atoms with Gasteiger partial charge in [0, 0.05) is 11.4 Å². The molecule has 7 nitrogen and oxygen atoms in total. The van der Waals surface area contributed by atoms with Gasteiger partial charge in [-0.1, -0.05) is 13.3 Å². The summed E-state index contributed by atoms with van der Waals surface area (Å²) in [5.74, 6) is -2.73. The van der Waals surface area contributed by atoms with E-state index in [0.29, 0.717) is 12.5 Å². The first-order chi connectivity index (χ1) is 16.3. The molecule has 1 atom stereocenters. The predicted molar refractivity (Wildman–Crippen MR) is 125 cm³/mol. The molecule has 35 heavy (non-hydrogen) atoms. The van der Waals surface area contributed by atoms with E-state index in [9.17, 15) is 27.2 Å². The summed E-state index contributed by atoms with van der Waals surface area (Å²) in [5, 5.41) is 11.4. The van der Waals surface area contributed by atoms with Gasteiger partial charge in [-0.05, 0) is 62.0 Å². The minimum absolute atomic E-state index is 0.0241. The SMILES string of the molecule is CCCC(C)(C(=O)OC)N(C(=S)Nc1ccc(C#N)c(C(F)(F)F)c1)c1ccc(C(N)=O)c(F)c1. The Labute approximate surface area is 204 Å². The lowest BCUT2D eigenvalue weighted by Gasteiger charge is -2.40. The molecule has 0 aliphatic rings. The molecule has 3 N–H and O–H groups in total. The Balaban J connectivity index is 2.64. The summed E-state index contributed by atoms with van der Waals surface area (Å²) in [6.45, 7) is 3.26. The molecule has 0 aromatic heterocycles. The number of carbonyl (C=O) groups is 2. The van der Waals surface area contributed by atoms with Crippen LogP contribution in [0.2, 0.25) is 0 Å². The van der Waals surface area contributed by atoms with Gasteiger partial charge in [0.15, 0.2) is 5.11 Å². The van der Waals surface area contributed by atoms with Crippen LogP contribution in [0.4, 0.5) is 28.9 Å². The average Bonchev–Trinajstić information content (AvgIpc) is 2.77. The van der Waals surface area contributed by atoms with Crippen molar-refractivity contribution in [3.8, 4) is 6.07 Å². The van der Waals surface area contributed by atoms with Crippen LogP contribution in [0.3, 0.4) is 0 Å². The van der Waals surface area contributed by atoms with Gasteiger partial charge in [0.2, 0.25) is 0 Å². The van der Waals surface area contributed by atoms with Gasteiger partial charge in [0.05, 0.1) is 29.9 Å². The molecule has 2 aromatic carbocycles. The van der Waals surface area contributed by atoms with Crippen molar-refractivity contribution in [2.45, 2.75) is 38.4 Å². The Morgan fingerprint density at radius 2 is 1.89 bits per heavy atom. The normalized spacial score (nSPS) is 12.7. The third kappa shape index (κ3) is 5.86. The smallest absolute Gasteiger partial charge is 0.417 e. The molecule has 0 heterocycles. The largest absolute Gasteiger partial charge is 0.467 e. The van der Waals surface area contributed by atoms with Crippen molar-refractivity contribution in [2.75, 3.05) is 17.3 Å². The van der Waals surface area contributed by atoms with Gasteiger partial charge in [-0.15, -0.1) is 0 Å². The van der Waals surface area contributed by atoms with E-state index in [1.54, 1.807) is 6.92 Å². The first-order valence-electron chi connectivity index (χ1n) is 10.2. The molecule has 0 fully saturated rings. The van der Waals surface area contributed by atoms with Crippen LogP contribution in [0, 0.1) is 17.1 Å². The maximum atomic E-state index is 14.6. The summed E-state index contributed by atoms with van der Waals surface area (Å²) in [5.41, 5.74) is 1.39. The Kier molecular flexibility index (Phi) is 8.41. The molecular weight excluding hydrogens is 488 g/mol. The monoisotopic (exact) mass is 510 g/mol. The lowest BCUT2D eigenvalue weighted by Crippen LogP contribution is -2.57. The first-order valence-corrected chi connectivity index (χ1v) is 10.6. The number of nitrogens with two attached hydrogens (primary N) is 1. The topological polar surface area (TPSA) is 108 Å². The molecular formula is C23H22F4N4O3S.